The third kappa shape index (κ3) is 2.33. The van der Waals surface area contributed by atoms with E-state index in [-0.39, 0.29) is 4.74 Å². The molecule has 0 radical (unpaired) electrons. The van der Waals surface area contributed by atoms with Crippen molar-refractivity contribution in [2.45, 2.75) is 11.1 Å². The van der Waals surface area contributed by atoms with Gasteiger partial charge in [-0.25, -0.2) is 0 Å². The first-order chi connectivity index (χ1) is 7.33. The van der Waals surface area contributed by atoms with Crippen molar-refractivity contribution in [2.75, 3.05) is 5.75 Å². The molecule has 0 unspecified atom stereocenters. The molecule has 0 aliphatic carbocycles. The van der Waals surface area contributed by atoms with Gasteiger partial charge in [0, 0.05) is 0 Å². The van der Waals surface area contributed by atoms with Crippen molar-refractivity contribution in [3.63, 3.8) is 0 Å². The van der Waals surface area contributed by atoms with Gasteiger partial charge in [0.1, 0.15) is 0 Å². The highest BCUT2D eigenvalue weighted by Gasteiger charge is 2.12. The van der Waals surface area contributed by atoms with E-state index < -0.39 is 0 Å². The lowest BCUT2D eigenvalue weighted by molar-refractivity contribution is 1.50. The van der Waals surface area contributed by atoms with Gasteiger partial charge < -0.3 is 0 Å². The predicted molar refractivity (Wildman–Crippen MR) is 70.3 cm³/mol. The van der Waals surface area contributed by atoms with Gasteiger partial charge in [-0.3, -0.25) is 4.79 Å². The van der Waals surface area contributed by atoms with E-state index in [9.17, 15) is 4.79 Å². The molecular weight excluding hydrogens is 244 g/mol. The Morgan fingerprint density at radius 2 is 1.93 bits per heavy atom. The van der Waals surface area contributed by atoms with Crippen LogP contribution in [0, 0.1) is 0 Å². The van der Waals surface area contributed by atoms with Crippen LogP contribution in [0.25, 0.3) is 11.1 Å². The molecule has 1 heterocycles. The lowest BCUT2D eigenvalue weighted by Gasteiger charge is -1.99. The second-order valence-corrected chi connectivity index (χ2v) is 6.56. The summed E-state index contributed by atoms with van der Waals surface area (Å²) in [6.07, 6.45) is 0. The third-order valence-corrected chi connectivity index (χ3v) is 5.61. The van der Waals surface area contributed by atoms with Gasteiger partial charge in [-0.15, -0.1) is 11.8 Å². The average molecular weight is 254 g/mol. The molecule has 0 saturated carbocycles. The van der Waals surface area contributed by atoms with E-state index in [2.05, 4.69) is 6.92 Å². The van der Waals surface area contributed by atoms with Crippen LogP contribution < -0.4 is 4.74 Å². The molecule has 0 aliphatic heterocycles. The first-order valence-electron chi connectivity index (χ1n) is 4.64. The van der Waals surface area contributed by atoms with Gasteiger partial charge in [0.05, 0.1) is 9.77 Å². The quantitative estimate of drug-likeness (QED) is 0.609. The molecule has 15 heavy (non-hydrogen) atoms. The third-order valence-electron chi connectivity index (χ3n) is 1.94. The molecule has 1 aromatic carbocycles. The van der Waals surface area contributed by atoms with Crippen LogP contribution in [0.15, 0.2) is 39.3 Å². The fraction of sp³-hybridized carbons (Fsp3) is 0.182. The minimum Gasteiger partial charge on any atom is -0.276 e. The first kappa shape index (κ1) is 10.9. The Bertz CT molecular complexity index is 484. The van der Waals surface area contributed by atoms with Crippen LogP contribution in [0.1, 0.15) is 6.92 Å². The van der Waals surface area contributed by atoms with E-state index in [0.717, 1.165) is 21.1 Å². The molecule has 0 saturated heterocycles. The van der Waals surface area contributed by atoms with Crippen molar-refractivity contribution in [2.24, 2.45) is 0 Å². The van der Waals surface area contributed by atoms with Crippen LogP contribution in [-0.2, 0) is 0 Å². The molecule has 0 amide bonds. The van der Waals surface area contributed by atoms with Crippen LogP contribution in [0.4, 0.5) is 0 Å². The molecule has 0 bridgehead atoms. The van der Waals surface area contributed by atoms with Crippen molar-refractivity contribution in [1.82, 2.24) is 0 Å². The zero-order valence-corrected chi connectivity index (χ0v) is 10.7. The van der Waals surface area contributed by atoms with Crippen LogP contribution in [-0.4, -0.2) is 5.75 Å². The summed E-state index contributed by atoms with van der Waals surface area (Å²) in [5.74, 6) is 1.01. The molecule has 78 valence electrons. The van der Waals surface area contributed by atoms with Crippen LogP contribution in [0.3, 0.4) is 0 Å². The second kappa shape index (κ2) is 4.96. The Kier molecular flexibility index (Phi) is 3.61. The molecule has 0 atom stereocenters. The molecule has 0 N–H and O–H groups in total. The zero-order chi connectivity index (χ0) is 10.7. The van der Waals surface area contributed by atoms with Crippen molar-refractivity contribution >= 4 is 32.4 Å². The Balaban J connectivity index is 2.52. The second-order valence-electron chi connectivity index (χ2n) is 2.92. The maximum absolute atomic E-state index is 11.7. The summed E-state index contributed by atoms with van der Waals surface area (Å²) < 4.78 is 1.33. The van der Waals surface area contributed by atoms with Crippen LogP contribution in [0.2, 0.25) is 0 Å². The van der Waals surface area contributed by atoms with Gasteiger partial charge in [-0.2, -0.15) is 0 Å². The number of hydrogen-bond acceptors (Lipinski definition) is 4. The molecule has 2 rings (SSSR count). The Morgan fingerprint density at radius 3 is 2.60 bits per heavy atom. The smallest absolute Gasteiger partial charge is 0.251 e. The summed E-state index contributed by atoms with van der Waals surface area (Å²) in [6, 6.07) is 9.90. The molecule has 0 aliphatic rings. The number of thioether (sulfide) groups is 1. The summed E-state index contributed by atoms with van der Waals surface area (Å²) in [5.41, 5.74) is 1.92. The summed E-state index contributed by atoms with van der Waals surface area (Å²) in [6.45, 7) is 2.11. The Morgan fingerprint density at radius 1 is 1.20 bits per heavy atom. The summed E-state index contributed by atoms with van der Waals surface area (Å²) in [4.78, 5) is 11.7. The molecule has 2 aromatic rings. The van der Waals surface area contributed by atoms with Crippen LogP contribution >= 0.6 is 32.4 Å². The fourth-order valence-corrected chi connectivity index (χ4v) is 5.04. The van der Waals surface area contributed by atoms with Gasteiger partial charge in [0.2, 0.25) is 0 Å². The summed E-state index contributed by atoms with van der Waals surface area (Å²) in [5, 5.41) is 0. The van der Waals surface area contributed by atoms with Crippen molar-refractivity contribution in [3.8, 4) is 11.1 Å². The lowest BCUT2D eigenvalue weighted by atomic mass is 10.1. The first-order valence-corrected chi connectivity index (χ1v) is 7.78. The highest BCUT2D eigenvalue weighted by molar-refractivity contribution is 8.02. The average Bonchev–Trinajstić information content (AvgIpc) is 2.62. The summed E-state index contributed by atoms with van der Waals surface area (Å²) in [7, 11) is 2.92. The van der Waals surface area contributed by atoms with Gasteiger partial charge in [-0.1, -0.05) is 47.6 Å². The van der Waals surface area contributed by atoms with Gasteiger partial charge >= 0.3 is 0 Å². The van der Waals surface area contributed by atoms with Gasteiger partial charge in [0.15, 0.2) is 0 Å². The van der Waals surface area contributed by atoms with E-state index in [1.807, 2.05) is 30.3 Å². The molecule has 1 aromatic heterocycles. The largest absolute Gasteiger partial charge is 0.276 e. The number of benzene rings is 1. The van der Waals surface area contributed by atoms with Crippen LogP contribution in [0.5, 0.6) is 0 Å². The van der Waals surface area contributed by atoms with E-state index in [1.54, 1.807) is 22.1 Å². The standard InChI is InChI=1S/C11H10OS3/c1-2-13-11-9(10(12)14-15-11)8-6-4-3-5-7-8/h3-7H,2H2,1H3. The van der Waals surface area contributed by atoms with Gasteiger partial charge in [-0.05, 0) is 21.7 Å². The zero-order valence-electron chi connectivity index (χ0n) is 8.23. The normalized spacial score (nSPS) is 10.5. The predicted octanol–water partition coefficient (Wildman–Crippen LogP) is 3.95. The van der Waals surface area contributed by atoms with Crippen molar-refractivity contribution < 1.29 is 0 Å². The fourth-order valence-electron chi connectivity index (χ4n) is 1.31. The van der Waals surface area contributed by atoms with Gasteiger partial charge in [0.25, 0.3) is 4.74 Å². The van der Waals surface area contributed by atoms with Crippen molar-refractivity contribution in [3.05, 3.63) is 39.9 Å². The van der Waals surface area contributed by atoms with E-state index >= 15 is 0 Å². The Labute approximate surface area is 100 Å². The molecule has 0 fully saturated rings. The lowest BCUT2D eigenvalue weighted by Crippen LogP contribution is -1.94. The monoisotopic (exact) mass is 254 g/mol. The minimum atomic E-state index is 0.183. The number of rotatable bonds is 3. The maximum atomic E-state index is 11.7. The van der Waals surface area contributed by atoms with Crippen molar-refractivity contribution in [1.29, 1.82) is 0 Å². The minimum absolute atomic E-state index is 0.183. The molecule has 4 heteroatoms. The molecule has 0 spiro atoms. The highest BCUT2D eigenvalue weighted by atomic mass is 32.9. The number of hydrogen-bond donors (Lipinski definition) is 0. The molecule has 1 nitrogen and oxygen atoms in total. The van der Waals surface area contributed by atoms with E-state index in [4.69, 9.17) is 0 Å². The summed E-state index contributed by atoms with van der Waals surface area (Å²) >= 11 is 1.75. The van der Waals surface area contributed by atoms with E-state index in [0.29, 0.717) is 0 Å². The van der Waals surface area contributed by atoms with E-state index in [1.165, 1.54) is 10.3 Å². The molecular formula is C11H10OS3. The highest BCUT2D eigenvalue weighted by Crippen LogP contribution is 2.34. The Hall–Kier alpha value is -0.580. The SMILES string of the molecule is CCSc1ssc(=O)c1-c1ccccc1. The maximum Gasteiger partial charge on any atom is 0.251 e. The topological polar surface area (TPSA) is 17.1 Å².